The van der Waals surface area contributed by atoms with Gasteiger partial charge in [0.25, 0.3) is 0 Å². The summed E-state index contributed by atoms with van der Waals surface area (Å²) in [5.74, 6) is 6.89. The molecule has 0 amide bonds. The van der Waals surface area contributed by atoms with Crippen LogP contribution in [0.25, 0.3) is 0 Å². The smallest absolute Gasteiger partial charge is 0.308 e. The van der Waals surface area contributed by atoms with Crippen LogP contribution in [0.1, 0.15) is 318 Å². The first-order valence-corrected chi connectivity index (χ1v) is 59.9. The third-order valence-corrected chi connectivity index (χ3v) is 28.3. The third-order valence-electron chi connectivity index (χ3n) is 23.2. The van der Waals surface area contributed by atoms with Crippen molar-refractivity contribution in [3.63, 3.8) is 0 Å². The SMILES string of the molecule is C=CCC(C)(C)C.C=CCOC(=O)C(C)C.CC(=O)C(C)C.CC(C)C.CC(C)C(=O)CCc1ccccc1.CC(C)C(=O)OCC1c2ccccc2C2C=CC=CC21.CC(C)C(=O)OCC[Si](C)(C)C.CC(C)C(C)(C)C.CC(C)C(c1ccccc1)(c1ccccc1)c1ccccc1.CC(C)Cc1ccccc1.CC(C)[Si](C)(C)C.CCC(C)C.COC(=O)C(C)C.COc1ccc(CC(C)C)cc1. The van der Waals surface area contributed by atoms with E-state index in [1.165, 1.54) is 64.5 Å². The van der Waals surface area contributed by atoms with Crippen LogP contribution in [0.5, 0.6) is 5.75 Å². The molecule has 0 aromatic heterocycles. The second-order valence-electron chi connectivity index (χ2n) is 45.9. The average molecular weight is 1980 g/mol. The van der Waals surface area contributed by atoms with Crippen LogP contribution in [0.2, 0.25) is 50.9 Å². The predicted molar refractivity (Wildman–Crippen MR) is 620 cm³/mol. The van der Waals surface area contributed by atoms with Crippen molar-refractivity contribution in [3.8, 4) is 5.75 Å². The molecule has 2 aliphatic carbocycles. The van der Waals surface area contributed by atoms with Gasteiger partial charge in [-0.05, 0) is 148 Å². The molecule has 7 aromatic rings. The molecule has 0 saturated carbocycles. The van der Waals surface area contributed by atoms with Crippen LogP contribution < -0.4 is 4.74 Å². The Bertz CT molecular complexity index is 4250. The zero-order valence-electron chi connectivity index (χ0n) is 97.7. The van der Waals surface area contributed by atoms with Crippen molar-refractivity contribution in [2.24, 2.45) is 87.8 Å². The molecule has 0 heterocycles. The van der Waals surface area contributed by atoms with Crippen LogP contribution >= 0.6 is 0 Å². The predicted octanol–water partition coefficient (Wildman–Crippen LogP) is 35.8. The van der Waals surface area contributed by atoms with Crippen LogP contribution in [-0.2, 0) is 72.4 Å². The third kappa shape index (κ3) is 72.0. The molecule has 0 bridgehead atoms. The highest BCUT2D eigenvalue weighted by atomic mass is 28.3. The average Bonchev–Trinajstić information content (AvgIpc) is 1.07. The van der Waals surface area contributed by atoms with Gasteiger partial charge in [-0.15, -0.1) is 6.58 Å². The minimum Gasteiger partial charge on any atom is -0.497 e. The van der Waals surface area contributed by atoms with Gasteiger partial charge < -0.3 is 23.7 Å². The lowest BCUT2D eigenvalue weighted by Crippen LogP contribution is -2.35. The number of allylic oxidation sites excluding steroid dienone is 5. The number of ketones is 2. The van der Waals surface area contributed by atoms with Gasteiger partial charge in [-0.1, -0.05) is 518 Å². The molecule has 9 rings (SSSR count). The molecule has 0 saturated heterocycles. The van der Waals surface area contributed by atoms with Crippen molar-refractivity contribution in [1.82, 2.24) is 0 Å². The number of hydrogen-bond acceptors (Lipinski definition) is 11. The maximum atomic E-state index is 11.7. The van der Waals surface area contributed by atoms with Crippen molar-refractivity contribution in [3.05, 3.63) is 294 Å². The molecule has 141 heavy (non-hydrogen) atoms. The molecule has 0 fully saturated rings. The molecule has 3 unspecified atom stereocenters. The van der Waals surface area contributed by atoms with E-state index in [9.17, 15) is 28.8 Å². The molecule has 13 heteroatoms. The van der Waals surface area contributed by atoms with Crippen molar-refractivity contribution >= 4 is 51.6 Å². The number of methoxy groups -OCH3 is 2. The van der Waals surface area contributed by atoms with Gasteiger partial charge in [-0.2, -0.15) is 0 Å². The molecule has 2 aliphatic rings. The lowest BCUT2D eigenvalue weighted by atomic mass is 9.63. The highest BCUT2D eigenvalue weighted by Gasteiger charge is 2.41. The van der Waals surface area contributed by atoms with E-state index in [1.807, 2.05) is 91.8 Å². The van der Waals surface area contributed by atoms with Crippen LogP contribution in [-0.4, -0.2) is 85.6 Å². The largest absolute Gasteiger partial charge is 0.497 e. The van der Waals surface area contributed by atoms with Crippen LogP contribution in [0.3, 0.4) is 0 Å². The maximum Gasteiger partial charge on any atom is 0.308 e. The molecule has 794 valence electrons. The summed E-state index contributed by atoms with van der Waals surface area (Å²) in [7, 11) is 1.31. The highest BCUT2D eigenvalue weighted by molar-refractivity contribution is 6.77. The zero-order chi connectivity index (χ0) is 110. The molecular weight excluding hydrogens is 1770 g/mol. The van der Waals surface area contributed by atoms with E-state index in [-0.39, 0.29) is 76.5 Å². The number of ether oxygens (including phenoxy) is 5. The fraction of sp³-hybridized carbons (Fsp3) is 0.562. The van der Waals surface area contributed by atoms with Crippen molar-refractivity contribution in [2.45, 2.75) is 349 Å². The number of Topliss-reactive ketones (excluding diaryl/α,β-unsaturated/α-hetero) is 2. The van der Waals surface area contributed by atoms with E-state index >= 15 is 0 Å². The summed E-state index contributed by atoms with van der Waals surface area (Å²) in [6.07, 6.45) is 18.5. The standard InChI is InChI=1S/C22H22.C18H20O2.C12H16O.C11H16O.C10H14.C9H20O2Si.C7H12O2.C7H16.C7H14.C6H16Si.C5H10O2.C5H10O.C5H12.C4H10/c1-18(2)22(19-12-6-3-7-13-19,20-14-8-4-9-15-20)21-16-10-5-11-17-21;1-12(2)18(19)20-11-17-15-9-5-3-7-13(15)14-8-4-6-10-16(14)17;1-10(2)12(13)9-8-11-6-4-3-5-7-11;1-9(2)8-10-4-6-11(12-3)7-5-10;1-9(2)8-10-6-4-3-5-7-10;1-8(2)9(10)11-6-7-12(3,4)5;1-4-5-9-7(8)6(2)3;1-6(2)7(3,4)5;1-5-6-7(2,3)4;1-6(2)7(3,4)5;1-4(2)5(6)7-3;1-4(2)5(3)6;1-4-5(2)3;1-4(2)3/h3-18H,1-2H3;3-10,12-13,15,17H,11H2,1-2H3;3-7,10H,8-9H2,1-2H3;4-7,9H,8H2,1-3H3;3-7,9H,8H2,1-2H3;8H,6-7H2,1-5H3;4,6H,1,5H2,2-3H3;6H,1-5H3;5H,1,6H2,2-4H3;6H,1-5H3;4H,1-3H3;4H,1-3H3;5H,4H2,1-3H3;4H,1-3H3. The number of benzene rings is 7. The highest BCUT2D eigenvalue weighted by Crippen LogP contribution is 2.50. The minimum absolute atomic E-state index is 0.00463. The molecule has 0 radical (unpaired) electrons. The molecule has 0 spiro atoms. The van der Waals surface area contributed by atoms with Crippen LogP contribution in [0.15, 0.2) is 250 Å². The normalized spacial score (nSPS) is 13.0. The van der Waals surface area contributed by atoms with Gasteiger partial charge in [0.15, 0.2) is 0 Å². The molecular formula is C128H208O11Si2. The van der Waals surface area contributed by atoms with E-state index < -0.39 is 16.1 Å². The Morgan fingerprint density at radius 1 is 0.411 bits per heavy atom. The quantitative estimate of drug-likeness (QED) is 0.0152. The number of fused-ring (bicyclic) bond motifs is 3. The van der Waals surface area contributed by atoms with E-state index in [0.717, 1.165) is 66.2 Å². The Hall–Kier alpha value is -9.05. The second-order valence-corrected chi connectivity index (χ2v) is 57.4. The van der Waals surface area contributed by atoms with Crippen molar-refractivity contribution in [1.29, 1.82) is 0 Å². The number of carbonyl (C=O) groups excluding carboxylic acids is 6. The van der Waals surface area contributed by atoms with Gasteiger partial charge in [-0.3, -0.25) is 28.8 Å². The minimum atomic E-state index is -1.04. The Morgan fingerprint density at radius 2 is 0.752 bits per heavy atom. The first-order valence-electron chi connectivity index (χ1n) is 52.6. The van der Waals surface area contributed by atoms with Crippen LogP contribution in [0, 0.1) is 87.8 Å². The monoisotopic (exact) mass is 1980 g/mol. The summed E-state index contributed by atoms with van der Waals surface area (Å²) in [4.78, 5) is 65.1. The number of rotatable bonds is 28. The van der Waals surface area contributed by atoms with Gasteiger partial charge in [-0.25, -0.2) is 0 Å². The summed E-state index contributed by atoms with van der Waals surface area (Å²) in [6.45, 7) is 95.6. The summed E-state index contributed by atoms with van der Waals surface area (Å²) in [5, 5.41) is 0. The first kappa shape index (κ1) is 140. The molecule has 0 aliphatic heterocycles. The van der Waals surface area contributed by atoms with Gasteiger partial charge >= 0.3 is 23.9 Å². The van der Waals surface area contributed by atoms with Gasteiger partial charge in [0, 0.05) is 51.7 Å². The van der Waals surface area contributed by atoms with Crippen LogP contribution in [0.4, 0.5) is 0 Å². The second kappa shape index (κ2) is 78.4. The molecule has 11 nitrogen and oxygen atoms in total. The number of aryl methyl sites for hydroxylation is 1. The van der Waals surface area contributed by atoms with E-state index in [4.69, 9.17) is 18.9 Å². The lowest BCUT2D eigenvalue weighted by Gasteiger charge is -2.39. The fourth-order valence-corrected chi connectivity index (χ4v) is 12.7. The number of carbonyl (C=O) groups is 6. The molecule has 0 N–H and O–H groups in total. The van der Waals surface area contributed by atoms with Gasteiger partial charge in [0.2, 0.25) is 0 Å². The molecule has 3 atom stereocenters. The summed E-state index contributed by atoms with van der Waals surface area (Å²) >= 11 is 0. The van der Waals surface area contributed by atoms with Crippen molar-refractivity contribution in [2.75, 3.05) is 34.0 Å². The Labute approximate surface area is 869 Å². The van der Waals surface area contributed by atoms with Gasteiger partial charge in [0.1, 0.15) is 23.9 Å². The van der Waals surface area contributed by atoms with E-state index in [1.54, 1.807) is 47.8 Å². The number of hydrogen-bond donors (Lipinski definition) is 0. The Kier molecular flexibility index (Phi) is 78.1. The molecule has 7 aromatic carbocycles. The Morgan fingerprint density at radius 3 is 1.04 bits per heavy atom. The summed E-state index contributed by atoms with van der Waals surface area (Å²) in [5.41, 5.74) is 12.6. The Balaban J connectivity index is -0.000000484. The van der Waals surface area contributed by atoms with E-state index in [2.05, 4.69) is 404 Å². The van der Waals surface area contributed by atoms with Gasteiger partial charge in [0.05, 0.1) is 51.1 Å². The summed E-state index contributed by atoms with van der Waals surface area (Å²) < 4.78 is 24.7. The zero-order valence-corrected chi connectivity index (χ0v) is 99.7. The number of esters is 4. The fourth-order valence-electron chi connectivity index (χ4n) is 11.9. The lowest BCUT2D eigenvalue weighted by molar-refractivity contribution is -0.148. The maximum absolute atomic E-state index is 11.7. The van der Waals surface area contributed by atoms with E-state index in [0.29, 0.717) is 60.6 Å². The topological polar surface area (TPSA) is 149 Å². The summed E-state index contributed by atoms with van der Waals surface area (Å²) in [6, 6.07) is 71.2. The van der Waals surface area contributed by atoms with Crippen molar-refractivity contribution < 1.29 is 52.5 Å². The first-order chi connectivity index (χ1) is 65.4.